The van der Waals surface area contributed by atoms with Crippen LogP contribution in [0.4, 0.5) is 0 Å². The van der Waals surface area contributed by atoms with E-state index in [-0.39, 0.29) is 10.9 Å². The second-order valence-electron chi connectivity index (χ2n) is 6.87. The molecule has 0 aromatic heterocycles. The molecule has 2 unspecified atom stereocenters. The molecule has 24 heavy (non-hydrogen) atoms. The Kier molecular flexibility index (Phi) is 7.43. The molecule has 1 heterocycles. The summed E-state index contributed by atoms with van der Waals surface area (Å²) in [7, 11) is 1.83. The number of hydrogen-bond donors (Lipinski definition) is 2. The van der Waals surface area contributed by atoms with E-state index in [1.165, 1.54) is 12.0 Å². The van der Waals surface area contributed by atoms with Gasteiger partial charge in [0.1, 0.15) is 0 Å². The largest absolute Gasteiger partial charge is 0.373 e. The smallest absolute Gasteiger partial charge is 0.191 e. The van der Waals surface area contributed by atoms with E-state index >= 15 is 0 Å². The summed E-state index contributed by atoms with van der Waals surface area (Å²) < 4.78 is 6.26. The molecule has 134 valence electrons. The predicted octanol–water partition coefficient (Wildman–Crippen LogP) is 3.46. The Morgan fingerprint density at radius 3 is 2.71 bits per heavy atom. The average Bonchev–Trinajstić information content (AvgIpc) is 2.63. The van der Waals surface area contributed by atoms with Crippen molar-refractivity contribution in [3.05, 3.63) is 35.9 Å². The highest BCUT2D eigenvalue weighted by molar-refractivity contribution is 7.99. The van der Waals surface area contributed by atoms with Crippen LogP contribution in [0.5, 0.6) is 0 Å². The topological polar surface area (TPSA) is 45.7 Å². The third-order valence-electron chi connectivity index (χ3n) is 4.56. The second-order valence-corrected chi connectivity index (χ2v) is 8.39. The SMILES string of the molecule is CN=C(NCC1CCCOC1c1ccccc1)NCC(C)(C)SC. The molecule has 0 radical (unpaired) electrons. The highest BCUT2D eigenvalue weighted by Gasteiger charge is 2.27. The van der Waals surface area contributed by atoms with Gasteiger partial charge in [-0.25, -0.2) is 0 Å². The number of nitrogens with zero attached hydrogens (tertiary/aromatic N) is 1. The van der Waals surface area contributed by atoms with E-state index in [9.17, 15) is 0 Å². The fraction of sp³-hybridized carbons (Fsp3) is 0.632. The van der Waals surface area contributed by atoms with Gasteiger partial charge in [0, 0.05) is 37.4 Å². The molecule has 1 aromatic rings. The van der Waals surface area contributed by atoms with Gasteiger partial charge in [-0.05, 0) is 38.5 Å². The van der Waals surface area contributed by atoms with Crippen LogP contribution in [0.25, 0.3) is 0 Å². The minimum Gasteiger partial charge on any atom is -0.373 e. The standard InChI is InChI=1S/C19H31N3OS/c1-19(2,24-4)14-22-18(20-3)21-13-16-11-8-12-23-17(16)15-9-6-5-7-10-15/h5-7,9-10,16-17H,8,11-14H2,1-4H3,(H2,20,21,22). The molecule has 1 aliphatic heterocycles. The van der Waals surface area contributed by atoms with E-state index in [0.717, 1.165) is 32.1 Å². The van der Waals surface area contributed by atoms with E-state index in [1.54, 1.807) is 0 Å². The first-order valence-electron chi connectivity index (χ1n) is 8.72. The highest BCUT2D eigenvalue weighted by Crippen LogP contribution is 2.33. The van der Waals surface area contributed by atoms with Crippen LogP contribution in [-0.4, -0.2) is 43.7 Å². The van der Waals surface area contributed by atoms with Crippen LogP contribution in [0, 0.1) is 5.92 Å². The maximum absolute atomic E-state index is 6.07. The van der Waals surface area contributed by atoms with Crippen molar-refractivity contribution in [3.8, 4) is 0 Å². The third kappa shape index (κ3) is 5.71. The molecule has 2 rings (SSSR count). The lowest BCUT2D eigenvalue weighted by Crippen LogP contribution is -2.45. The zero-order valence-corrected chi connectivity index (χ0v) is 16.2. The molecule has 1 saturated heterocycles. The Labute approximate surface area is 150 Å². The van der Waals surface area contributed by atoms with Gasteiger partial charge in [-0.2, -0.15) is 11.8 Å². The Balaban J connectivity index is 1.90. The van der Waals surface area contributed by atoms with Gasteiger partial charge in [-0.15, -0.1) is 0 Å². The van der Waals surface area contributed by atoms with Crippen molar-refractivity contribution in [1.82, 2.24) is 10.6 Å². The van der Waals surface area contributed by atoms with Crippen LogP contribution in [0.15, 0.2) is 35.3 Å². The van der Waals surface area contributed by atoms with Gasteiger partial charge in [0.25, 0.3) is 0 Å². The van der Waals surface area contributed by atoms with Crippen molar-refractivity contribution in [2.45, 2.75) is 37.5 Å². The Bertz CT molecular complexity index is 519. The average molecular weight is 350 g/mol. The van der Waals surface area contributed by atoms with Crippen LogP contribution < -0.4 is 10.6 Å². The molecule has 1 fully saturated rings. The normalized spacial score (nSPS) is 22.2. The molecule has 2 atom stereocenters. The summed E-state index contributed by atoms with van der Waals surface area (Å²) in [5.74, 6) is 1.34. The lowest BCUT2D eigenvalue weighted by atomic mass is 9.89. The van der Waals surface area contributed by atoms with Crippen molar-refractivity contribution in [2.75, 3.05) is 33.0 Å². The molecule has 4 nitrogen and oxygen atoms in total. The fourth-order valence-corrected chi connectivity index (χ4v) is 3.10. The molecule has 0 saturated carbocycles. The number of hydrogen-bond acceptors (Lipinski definition) is 3. The third-order valence-corrected chi connectivity index (χ3v) is 5.81. The maximum atomic E-state index is 6.07. The molecule has 0 bridgehead atoms. The molecular formula is C19H31N3OS. The number of aliphatic imine (C=N–C) groups is 1. The van der Waals surface area contributed by atoms with Crippen LogP contribution in [0.3, 0.4) is 0 Å². The molecular weight excluding hydrogens is 318 g/mol. The lowest BCUT2D eigenvalue weighted by molar-refractivity contribution is -0.0265. The van der Waals surface area contributed by atoms with Crippen molar-refractivity contribution in [3.63, 3.8) is 0 Å². The van der Waals surface area contributed by atoms with Crippen molar-refractivity contribution < 1.29 is 4.74 Å². The van der Waals surface area contributed by atoms with Gasteiger partial charge in [0.05, 0.1) is 6.10 Å². The minimum absolute atomic E-state index is 0.174. The summed E-state index contributed by atoms with van der Waals surface area (Å²) >= 11 is 1.86. The maximum Gasteiger partial charge on any atom is 0.191 e. The van der Waals surface area contributed by atoms with Crippen LogP contribution in [-0.2, 0) is 4.74 Å². The van der Waals surface area contributed by atoms with Gasteiger partial charge in [-0.3, -0.25) is 4.99 Å². The zero-order chi connectivity index (χ0) is 17.4. The summed E-state index contributed by atoms with van der Waals surface area (Å²) in [6.45, 7) is 7.08. The predicted molar refractivity (Wildman–Crippen MR) is 105 cm³/mol. The van der Waals surface area contributed by atoms with E-state index in [4.69, 9.17) is 4.74 Å². The molecule has 0 aliphatic carbocycles. The van der Waals surface area contributed by atoms with E-state index in [2.05, 4.69) is 66.1 Å². The molecule has 0 amide bonds. The molecule has 1 aromatic carbocycles. The Morgan fingerprint density at radius 1 is 1.29 bits per heavy atom. The van der Waals surface area contributed by atoms with E-state index in [0.29, 0.717) is 5.92 Å². The summed E-state index contributed by atoms with van der Waals surface area (Å²) in [4.78, 5) is 4.35. The highest BCUT2D eigenvalue weighted by atomic mass is 32.2. The summed E-state index contributed by atoms with van der Waals surface area (Å²) in [5.41, 5.74) is 1.27. The summed E-state index contributed by atoms with van der Waals surface area (Å²) in [6, 6.07) is 10.6. The molecule has 0 spiro atoms. The van der Waals surface area contributed by atoms with Gasteiger partial charge in [0.15, 0.2) is 5.96 Å². The van der Waals surface area contributed by atoms with Crippen molar-refractivity contribution >= 4 is 17.7 Å². The van der Waals surface area contributed by atoms with E-state index in [1.807, 2.05) is 18.8 Å². The monoisotopic (exact) mass is 349 g/mol. The Morgan fingerprint density at radius 2 is 2.04 bits per heavy atom. The van der Waals surface area contributed by atoms with Gasteiger partial charge in [-0.1, -0.05) is 30.3 Å². The van der Waals surface area contributed by atoms with Gasteiger partial charge < -0.3 is 15.4 Å². The van der Waals surface area contributed by atoms with Gasteiger partial charge >= 0.3 is 0 Å². The Hall–Kier alpha value is -1.20. The lowest BCUT2D eigenvalue weighted by Gasteiger charge is -2.33. The number of benzene rings is 1. The summed E-state index contributed by atoms with van der Waals surface area (Å²) in [5, 5.41) is 6.92. The number of nitrogens with one attached hydrogen (secondary N) is 2. The number of guanidine groups is 1. The van der Waals surface area contributed by atoms with Crippen LogP contribution in [0.2, 0.25) is 0 Å². The first-order chi connectivity index (χ1) is 11.6. The van der Waals surface area contributed by atoms with E-state index < -0.39 is 0 Å². The molecule has 1 aliphatic rings. The number of ether oxygens (including phenoxy) is 1. The first kappa shape index (κ1) is 19.1. The van der Waals surface area contributed by atoms with Crippen LogP contribution >= 0.6 is 11.8 Å². The minimum atomic E-state index is 0.174. The summed E-state index contributed by atoms with van der Waals surface area (Å²) in [6.07, 6.45) is 4.62. The van der Waals surface area contributed by atoms with Crippen LogP contribution in [0.1, 0.15) is 38.4 Å². The number of thioether (sulfide) groups is 1. The van der Waals surface area contributed by atoms with Crippen molar-refractivity contribution in [1.29, 1.82) is 0 Å². The van der Waals surface area contributed by atoms with Crippen molar-refractivity contribution in [2.24, 2.45) is 10.9 Å². The quantitative estimate of drug-likeness (QED) is 0.610. The first-order valence-corrected chi connectivity index (χ1v) is 9.94. The number of rotatable bonds is 6. The zero-order valence-electron chi connectivity index (χ0n) is 15.3. The fourth-order valence-electron chi connectivity index (χ4n) is 2.88. The van der Waals surface area contributed by atoms with Gasteiger partial charge in [0.2, 0.25) is 0 Å². The molecule has 5 heteroatoms. The second kappa shape index (κ2) is 9.33. The molecule has 2 N–H and O–H groups in total.